The van der Waals surface area contributed by atoms with Gasteiger partial charge in [0.15, 0.2) is 0 Å². The summed E-state index contributed by atoms with van der Waals surface area (Å²) in [4.78, 5) is 26.9. The van der Waals surface area contributed by atoms with Crippen molar-refractivity contribution in [3.63, 3.8) is 0 Å². The molecule has 1 aliphatic heterocycles. The Balaban J connectivity index is 2.52. The molecular weight excluding hydrogens is 264 g/mol. The second-order valence-corrected chi connectivity index (χ2v) is 5.85. The lowest BCUT2D eigenvalue weighted by atomic mass is 9.94. The van der Waals surface area contributed by atoms with Gasteiger partial charge in [-0.25, -0.2) is 0 Å². The summed E-state index contributed by atoms with van der Waals surface area (Å²) in [6.07, 6.45) is 1.45. The number of hydrogen-bond acceptors (Lipinski definition) is 2. The number of amides is 2. The van der Waals surface area contributed by atoms with Gasteiger partial charge in [0.2, 0.25) is 11.8 Å². The van der Waals surface area contributed by atoms with E-state index >= 15 is 0 Å². The fraction of sp³-hybridized carbons (Fsp3) is 0.529. The smallest absolute Gasteiger partial charge is 0.250 e. The first-order valence-corrected chi connectivity index (χ1v) is 7.72. The average Bonchev–Trinajstić information content (AvgIpc) is 2.48. The number of carbonyl (C=O) groups is 2. The van der Waals surface area contributed by atoms with Crippen LogP contribution in [0.3, 0.4) is 0 Å². The molecule has 1 aromatic carbocycles. The van der Waals surface area contributed by atoms with Gasteiger partial charge >= 0.3 is 0 Å². The highest BCUT2D eigenvalue weighted by atomic mass is 16.2. The molecule has 0 aromatic heterocycles. The Hall–Kier alpha value is -1.84. The highest BCUT2D eigenvalue weighted by molar-refractivity contribution is 6.08. The van der Waals surface area contributed by atoms with E-state index in [1.165, 1.54) is 0 Å². The molecule has 4 heteroatoms. The number of nitrogens with one attached hydrogen (secondary N) is 1. The van der Waals surface area contributed by atoms with E-state index in [0.29, 0.717) is 6.42 Å². The van der Waals surface area contributed by atoms with Crippen LogP contribution in [0.1, 0.15) is 39.7 Å². The Morgan fingerprint density at radius 2 is 1.86 bits per heavy atom. The summed E-state index contributed by atoms with van der Waals surface area (Å²) in [6, 6.07) is 7.00. The molecule has 2 amide bonds. The van der Waals surface area contributed by atoms with E-state index in [9.17, 15) is 9.59 Å². The Morgan fingerprint density at radius 1 is 1.19 bits per heavy atom. The fourth-order valence-corrected chi connectivity index (χ4v) is 2.93. The molecule has 2 unspecified atom stereocenters. The van der Waals surface area contributed by atoms with Gasteiger partial charge in [-0.05, 0) is 30.4 Å². The van der Waals surface area contributed by atoms with Crippen molar-refractivity contribution in [2.75, 3.05) is 4.90 Å². The lowest BCUT2D eigenvalue weighted by molar-refractivity contribution is -0.134. The van der Waals surface area contributed by atoms with Gasteiger partial charge in [0, 0.05) is 5.69 Å². The summed E-state index contributed by atoms with van der Waals surface area (Å²) < 4.78 is 0. The largest absolute Gasteiger partial charge is 0.342 e. The van der Waals surface area contributed by atoms with E-state index in [1.54, 1.807) is 4.90 Å². The minimum Gasteiger partial charge on any atom is -0.342 e. The van der Waals surface area contributed by atoms with Gasteiger partial charge in [-0.1, -0.05) is 45.9 Å². The maximum atomic E-state index is 12.8. The monoisotopic (exact) mass is 288 g/mol. The number of para-hydroxylation sites is 1. The highest BCUT2D eigenvalue weighted by Gasteiger charge is 2.42. The van der Waals surface area contributed by atoms with E-state index in [2.05, 4.69) is 12.2 Å². The molecule has 0 spiro atoms. The van der Waals surface area contributed by atoms with Crippen molar-refractivity contribution < 1.29 is 9.59 Å². The van der Waals surface area contributed by atoms with Crippen molar-refractivity contribution in [1.82, 2.24) is 5.32 Å². The lowest BCUT2D eigenvalue weighted by Crippen LogP contribution is -2.65. The third kappa shape index (κ3) is 2.80. The topological polar surface area (TPSA) is 49.4 Å². The number of benzene rings is 1. The van der Waals surface area contributed by atoms with Gasteiger partial charge in [-0.15, -0.1) is 0 Å². The first kappa shape index (κ1) is 15.5. The minimum absolute atomic E-state index is 0.00306. The van der Waals surface area contributed by atoms with E-state index in [0.717, 1.165) is 17.7 Å². The summed E-state index contributed by atoms with van der Waals surface area (Å²) in [5, 5.41) is 2.85. The van der Waals surface area contributed by atoms with Crippen LogP contribution in [0.4, 0.5) is 5.69 Å². The number of anilines is 1. The highest BCUT2D eigenvalue weighted by Crippen LogP contribution is 2.29. The maximum Gasteiger partial charge on any atom is 0.250 e. The van der Waals surface area contributed by atoms with Crippen LogP contribution in [-0.2, 0) is 16.0 Å². The molecule has 0 saturated carbocycles. The second-order valence-electron chi connectivity index (χ2n) is 5.85. The number of aryl methyl sites for hydroxylation is 1. The van der Waals surface area contributed by atoms with E-state index < -0.39 is 12.1 Å². The van der Waals surface area contributed by atoms with E-state index in [4.69, 9.17) is 0 Å². The Labute approximate surface area is 126 Å². The Morgan fingerprint density at radius 3 is 2.43 bits per heavy atom. The molecule has 21 heavy (non-hydrogen) atoms. The third-order valence-corrected chi connectivity index (χ3v) is 4.07. The summed E-state index contributed by atoms with van der Waals surface area (Å²) in [5.41, 5.74) is 1.97. The Bertz CT molecular complexity index is 539. The third-order valence-electron chi connectivity index (χ3n) is 4.07. The first-order chi connectivity index (χ1) is 10.0. The summed E-state index contributed by atoms with van der Waals surface area (Å²) in [5.74, 6) is 0.00993. The summed E-state index contributed by atoms with van der Waals surface area (Å²) >= 11 is 0. The second kappa shape index (κ2) is 6.29. The zero-order valence-electron chi connectivity index (χ0n) is 13.2. The predicted octanol–water partition coefficient (Wildman–Crippen LogP) is 2.52. The van der Waals surface area contributed by atoms with Crippen LogP contribution in [0.5, 0.6) is 0 Å². The number of rotatable bonds is 4. The quantitative estimate of drug-likeness (QED) is 0.925. The SMILES string of the molecule is CCc1ccccc1N1C(=O)C(CC)NC(=O)C1C(C)C. The van der Waals surface area contributed by atoms with Crippen LogP contribution in [-0.4, -0.2) is 23.9 Å². The van der Waals surface area contributed by atoms with Crippen LogP contribution in [0.25, 0.3) is 0 Å². The molecule has 1 N–H and O–H groups in total. The molecule has 2 rings (SSSR count). The molecule has 1 heterocycles. The Kier molecular flexibility index (Phi) is 4.66. The fourth-order valence-electron chi connectivity index (χ4n) is 2.93. The molecule has 0 bridgehead atoms. The van der Waals surface area contributed by atoms with Crippen molar-refractivity contribution in [3.8, 4) is 0 Å². The lowest BCUT2D eigenvalue weighted by Gasteiger charge is -2.41. The van der Waals surface area contributed by atoms with Gasteiger partial charge in [-0.2, -0.15) is 0 Å². The van der Waals surface area contributed by atoms with Crippen molar-refractivity contribution in [2.24, 2.45) is 5.92 Å². The molecule has 2 atom stereocenters. The zero-order valence-corrected chi connectivity index (χ0v) is 13.2. The predicted molar refractivity (Wildman–Crippen MR) is 84.2 cm³/mol. The molecule has 114 valence electrons. The molecular formula is C17H24N2O2. The standard InChI is InChI=1S/C17H24N2O2/c1-5-12-9-7-8-10-14(12)19-15(11(3)4)16(20)18-13(6-2)17(19)21/h7-11,13,15H,5-6H2,1-4H3,(H,18,20). The van der Waals surface area contributed by atoms with Gasteiger partial charge in [0.05, 0.1) is 0 Å². The maximum absolute atomic E-state index is 12.8. The van der Waals surface area contributed by atoms with Crippen molar-refractivity contribution >= 4 is 17.5 Å². The average molecular weight is 288 g/mol. The normalized spacial score (nSPS) is 22.6. The number of piperazine rings is 1. The molecule has 4 nitrogen and oxygen atoms in total. The van der Waals surface area contributed by atoms with E-state index in [-0.39, 0.29) is 17.7 Å². The minimum atomic E-state index is -0.437. The molecule has 1 saturated heterocycles. The summed E-state index contributed by atoms with van der Waals surface area (Å²) in [7, 11) is 0. The van der Waals surface area contributed by atoms with Gasteiger partial charge in [-0.3, -0.25) is 14.5 Å². The van der Waals surface area contributed by atoms with Crippen LogP contribution < -0.4 is 10.2 Å². The molecule has 1 fully saturated rings. The van der Waals surface area contributed by atoms with Crippen LogP contribution in [0, 0.1) is 5.92 Å². The van der Waals surface area contributed by atoms with Gasteiger partial charge in [0.25, 0.3) is 0 Å². The molecule has 1 aromatic rings. The van der Waals surface area contributed by atoms with Gasteiger partial charge < -0.3 is 5.32 Å². The van der Waals surface area contributed by atoms with Crippen LogP contribution >= 0.6 is 0 Å². The zero-order chi connectivity index (χ0) is 15.6. The van der Waals surface area contributed by atoms with Crippen LogP contribution in [0.2, 0.25) is 0 Å². The van der Waals surface area contributed by atoms with Crippen molar-refractivity contribution in [1.29, 1.82) is 0 Å². The number of nitrogens with zero attached hydrogens (tertiary/aromatic N) is 1. The molecule has 1 aliphatic rings. The number of carbonyl (C=O) groups excluding carboxylic acids is 2. The van der Waals surface area contributed by atoms with Crippen molar-refractivity contribution in [3.05, 3.63) is 29.8 Å². The van der Waals surface area contributed by atoms with Crippen molar-refractivity contribution in [2.45, 2.75) is 52.6 Å². The number of hydrogen-bond donors (Lipinski definition) is 1. The summed E-state index contributed by atoms with van der Waals surface area (Å²) in [6.45, 7) is 7.94. The van der Waals surface area contributed by atoms with Crippen LogP contribution in [0.15, 0.2) is 24.3 Å². The van der Waals surface area contributed by atoms with Gasteiger partial charge in [0.1, 0.15) is 12.1 Å². The van der Waals surface area contributed by atoms with E-state index in [1.807, 2.05) is 45.0 Å². The molecule has 0 aliphatic carbocycles. The first-order valence-electron chi connectivity index (χ1n) is 7.72. The molecule has 0 radical (unpaired) electrons.